The van der Waals surface area contributed by atoms with Gasteiger partial charge in [0.05, 0.1) is 7.11 Å². The zero-order chi connectivity index (χ0) is 22.2. The number of carbonyl (C=O) groups is 1. The first-order chi connectivity index (χ1) is 15.5. The van der Waals surface area contributed by atoms with Crippen molar-refractivity contribution in [2.45, 2.75) is 36.2 Å². The van der Waals surface area contributed by atoms with Gasteiger partial charge < -0.3 is 15.2 Å². The van der Waals surface area contributed by atoms with Crippen molar-refractivity contribution in [1.82, 2.24) is 14.8 Å². The third-order valence-corrected chi connectivity index (χ3v) is 6.94. The van der Waals surface area contributed by atoms with Crippen molar-refractivity contribution in [1.29, 1.82) is 0 Å². The van der Waals surface area contributed by atoms with Crippen LogP contribution in [0.15, 0.2) is 58.9 Å². The predicted molar refractivity (Wildman–Crippen MR) is 123 cm³/mol. The molecule has 1 aliphatic carbocycles. The number of rotatable bonds is 5. The van der Waals surface area contributed by atoms with Gasteiger partial charge in [0.15, 0.2) is 17.3 Å². The first-order valence-electron chi connectivity index (χ1n) is 10.3. The summed E-state index contributed by atoms with van der Waals surface area (Å²) in [5.74, 6) is 1.72. The minimum Gasteiger partial charge on any atom is -0.504 e. The number of thioether (sulfide) groups is 1. The Bertz CT molecular complexity index is 1240. The van der Waals surface area contributed by atoms with Gasteiger partial charge in [0.25, 0.3) is 0 Å². The van der Waals surface area contributed by atoms with Gasteiger partial charge in [-0.15, -0.1) is 5.10 Å². The lowest BCUT2D eigenvalue weighted by Gasteiger charge is -2.32. The zero-order valence-electron chi connectivity index (χ0n) is 17.3. The van der Waals surface area contributed by atoms with Crippen molar-refractivity contribution in [3.8, 4) is 11.5 Å². The summed E-state index contributed by atoms with van der Waals surface area (Å²) in [6.45, 7) is 0. The van der Waals surface area contributed by atoms with E-state index >= 15 is 0 Å². The number of aromatic hydroxyl groups is 1. The summed E-state index contributed by atoms with van der Waals surface area (Å²) in [5, 5.41) is 19.4. The van der Waals surface area contributed by atoms with Gasteiger partial charge in [0.1, 0.15) is 6.04 Å². The van der Waals surface area contributed by atoms with E-state index in [4.69, 9.17) is 21.4 Å². The topological polar surface area (TPSA) is 89.3 Å². The van der Waals surface area contributed by atoms with Crippen LogP contribution in [-0.2, 0) is 10.5 Å². The minimum absolute atomic E-state index is 0.0455. The molecule has 3 aromatic rings. The number of phenols is 1. The molecular formula is C23H21ClN4O3S. The fourth-order valence-corrected chi connectivity index (χ4v) is 5.24. The van der Waals surface area contributed by atoms with Crippen molar-refractivity contribution in [2.75, 3.05) is 12.4 Å². The van der Waals surface area contributed by atoms with Crippen molar-refractivity contribution in [2.24, 2.45) is 0 Å². The van der Waals surface area contributed by atoms with Gasteiger partial charge in [-0.05, 0) is 42.2 Å². The number of benzene rings is 2. The lowest BCUT2D eigenvalue weighted by atomic mass is 9.85. The molecule has 0 fully saturated rings. The minimum atomic E-state index is -0.439. The third-order valence-electron chi connectivity index (χ3n) is 5.68. The van der Waals surface area contributed by atoms with E-state index in [1.807, 2.05) is 24.3 Å². The van der Waals surface area contributed by atoms with E-state index in [0.717, 1.165) is 29.7 Å². The zero-order valence-corrected chi connectivity index (χ0v) is 18.9. The summed E-state index contributed by atoms with van der Waals surface area (Å²) in [4.78, 5) is 17.6. The molecule has 1 aromatic heterocycles. The molecular weight excluding hydrogens is 448 g/mol. The Morgan fingerprint density at radius 2 is 2.12 bits per heavy atom. The van der Waals surface area contributed by atoms with E-state index in [-0.39, 0.29) is 11.5 Å². The van der Waals surface area contributed by atoms with E-state index in [1.54, 1.807) is 22.9 Å². The number of ether oxygens (including phenoxy) is 1. The summed E-state index contributed by atoms with van der Waals surface area (Å²) in [6, 6.07) is 12.4. The van der Waals surface area contributed by atoms with E-state index in [0.29, 0.717) is 39.6 Å². The average molecular weight is 469 g/mol. The molecule has 7 nitrogen and oxygen atoms in total. The molecule has 0 spiro atoms. The average Bonchev–Trinajstić information content (AvgIpc) is 3.20. The van der Waals surface area contributed by atoms with Gasteiger partial charge in [0, 0.05) is 28.5 Å². The fraction of sp³-hybridized carbons (Fsp3) is 0.261. The highest BCUT2D eigenvalue weighted by molar-refractivity contribution is 7.98. The van der Waals surface area contributed by atoms with Gasteiger partial charge in [-0.1, -0.05) is 47.6 Å². The number of methoxy groups -OCH3 is 1. The highest BCUT2D eigenvalue weighted by Gasteiger charge is 2.37. The van der Waals surface area contributed by atoms with Crippen LogP contribution in [0.2, 0.25) is 5.02 Å². The predicted octanol–water partition coefficient (Wildman–Crippen LogP) is 4.96. The van der Waals surface area contributed by atoms with E-state index in [2.05, 4.69) is 10.3 Å². The number of allylic oxidation sites excluding steroid dienone is 2. The van der Waals surface area contributed by atoms with Gasteiger partial charge in [-0.3, -0.25) is 4.79 Å². The fourth-order valence-electron chi connectivity index (χ4n) is 4.13. The van der Waals surface area contributed by atoms with Crippen LogP contribution in [0.3, 0.4) is 0 Å². The number of hydrogen-bond acceptors (Lipinski definition) is 7. The quantitative estimate of drug-likeness (QED) is 0.511. The van der Waals surface area contributed by atoms with Crippen LogP contribution < -0.4 is 10.1 Å². The monoisotopic (exact) mass is 468 g/mol. The number of hydrogen-bond donors (Lipinski definition) is 2. The van der Waals surface area contributed by atoms with Crippen LogP contribution in [0, 0.1) is 0 Å². The Balaban J connectivity index is 1.54. The van der Waals surface area contributed by atoms with E-state index < -0.39 is 6.04 Å². The van der Waals surface area contributed by atoms with Crippen molar-refractivity contribution in [3.05, 3.63) is 69.9 Å². The third kappa shape index (κ3) is 3.73. The van der Waals surface area contributed by atoms with Crippen molar-refractivity contribution in [3.63, 3.8) is 0 Å². The summed E-state index contributed by atoms with van der Waals surface area (Å²) in [6.07, 6.45) is 2.09. The summed E-state index contributed by atoms with van der Waals surface area (Å²) < 4.78 is 7.06. The molecule has 9 heteroatoms. The first-order valence-corrected chi connectivity index (χ1v) is 11.6. The molecule has 0 bridgehead atoms. The van der Waals surface area contributed by atoms with Crippen molar-refractivity contribution < 1.29 is 14.6 Å². The number of nitrogens with zero attached hydrogens (tertiary/aromatic N) is 3. The molecule has 1 atom stereocenters. The van der Waals surface area contributed by atoms with Gasteiger partial charge >= 0.3 is 0 Å². The number of aromatic nitrogens is 3. The number of anilines is 1. The Morgan fingerprint density at radius 1 is 1.28 bits per heavy atom. The van der Waals surface area contributed by atoms with Crippen LogP contribution in [0.4, 0.5) is 5.95 Å². The smallest absolute Gasteiger partial charge is 0.227 e. The lowest BCUT2D eigenvalue weighted by molar-refractivity contribution is -0.116. The van der Waals surface area contributed by atoms with Gasteiger partial charge in [-0.25, -0.2) is 4.68 Å². The Hall–Kier alpha value is -2.97. The summed E-state index contributed by atoms with van der Waals surface area (Å²) >= 11 is 7.77. The maximum atomic E-state index is 12.9. The second kappa shape index (κ2) is 8.52. The van der Waals surface area contributed by atoms with Crippen molar-refractivity contribution >= 4 is 35.1 Å². The molecule has 0 amide bonds. The molecule has 0 saturated heterocycles. The van der Waals surface area contributed by atoms with E-state index in [9.17, 15) is 9.90 Å². The van der Waals surface area contributed by atoms with Crippen LogP contribution in [-0.4, -0.2) is 32.8 Å². The molecule has 164 valence electrons. The highest BCUT2D eigenvalue weighted by Crippen LogP contribution is 2.42. The number of ketones is 1. The Kier molecular flexibility index (Phi) is 5.57. The number of halogens is 1. The van der Waals surface area contributed by atoms with Gasteiger partial charge in [0.2, 0.25) is 11.1 Å². The second-order valence-electron chi connectivity index (χ2n) is 7.67. The first kappa shape index (κ1) is 20.9. The van der Waals surface area contributed by atoms with Crippen LogP contribution >= 0.6 is 23.4 Å². The SMILES string of the molecule is COc1cc([C@@H]2C3=C(CCCC3=O)Nc3nc(SCc4ccccc4Cl)nn32)ccc1O. The summed E-state index contributed by atoms with van der Waals surface area (Å²) in [5.41, 5.74) is 3.40. The van der Waals surface area contributed by atoms with Crippen LogP contribution in [0.1, 0.15) is 36.4 Å². The molecule has 0 saturated carbocycles. The maximum absolute atomic E-state index is 12.9. The van der Waals surface area contributed by atoms with Gasteiger partial charge in [-0.2, -0.15) is 4.98 Å². The molecule has 2 aromatic carbocycles. The number of fused-ring (bicyclic) bond motifs is 1. The molecule has 1 aliphatic heterocycles. The summed E-state index contributed by atoms with van der Waals surface area (Å²) in [7, 11) is 1.50. The van der Waals surface area contributed by atoms with Crippen LogP contribution in [0.5, 0.6) is 11.5 Å². The molecule has 0 radical (unpaired) electrons. The second-order valence-corrected chi connectivity index (χ2v) is 9.02. The van der Waals surface area contributed by atoms with Crippen LogP contribution in [0.25, 0.3) is 0 Å². The number of nitrogens with one attached hydrogen (secondary N) is 1. The molecule has 2 N–H and O–H groups in total. The molecule has 5 rings (SSSR count). The molecule has 2 heterocycles. The maximum Gasteiger partial charge on any atom is 0.227 e. The molecule has 32 heavy (non-hydrogen) atoms. The highest BCUT2D eigenvalue weighted by atomic mass is 35.5. The number of phenolic OH excluding ortho intramolecular Hbond substituents is 1. The lowest BCUT2D eigenvalue weighted by Crippen LogP contribution is -2.31. The molecule has 2 aliphatic rings. The van der Waals surface area contributed by atoms with E-state index in [1.165, 1.54) is 18.9 Å². The Morgan fingerprint density at radius 3 is 2.94 bits per heavy atom. The largest absolute Gasteiger partial charge is 0.504 e. The Labute approximate surface area is 194 Å². The molecule has 0 unspecified atom stereocenters. The standard InChI is InChI=1S/C23H21ClN4O3S/c1-31-19-11-13(9-10-17(19)29)21-20-16(7-4-8-18(20)30)25-22-26-23(27-28(21)22)32-12-14-5-2-3-6-15(14)24/h2-3,5-6,9-11,21,29H,4,7-8,12H2,1H3,(H,25,26,27)/t21-/m1/s1. The number of carbonyl (C=O) groups excluding carboxylic acids is 1. The number of Topliss-reactive ketones (excluding diaryl/α,β-unsaturated/α-hetero) is 1. The normalized spacial score (nSPS) is 17.6.